The molecule has 3 N–H and O–H groups in total. The average molecular weight is 449 g/mol. The molecule has 2 saturated carbocycles. The predicted molar refractivity (Wildman–Crippen MR) is 121 cm³/mol. The molecule has 6 rings (SSSR count). The number of nitrogens with zero attached hydrogens (tertiary/aromatic N) is 5. The highest BCUT2D eigenvalue weighted by Crippen LogP contribution is 2.38. The van der Waals surface area contributed by atoms with Gasteiger partial charge in [0.05, 0.1) is 24.0 Å². The Morgan fingerprint density at radius 1 is 1.27 bits per heavy atom. The second-order valence-corrected chi connectivity index (χ2v) is 8.85. The topological polar surface area (TPSA) is 109 Å². The van der Waals surface area contributed by atoms with Crippen molar-refractivity contribution in [2.24, 2.45) is 0 Å². The molecule has 10 heteroatoms. The third-order valence-corrected chi connectivity index (χ3v) is 6.83. The van der Waals surface area contributed by atoms with Crippen molar-refractivity contribution in [3.63, 3.8) is 0 Å². The van der Waals surface area contributed by atoms with Gasteiger partial charge in [-0.1, -0.05) is 0 Å². The number of halogens is 1. The van der Waals surface area contributed by atoms with Gasteiger partial charge in [0.1, 0.15) is 23.2 Å². The van der Waals surface area contributed by atoms with Crippen LogP contribution in [-0.4, -0.2) is 60.5 Å². The number of alkyl halides is 1. The fourth-order valence-electron chi connectivity index (χ4n) is 4.66. The molecular formula is C23H24FN7O2. The summed E-state index contributed by atoms with van der Waals surface area (Å²) in [5, 5.41) is 21.0. The number of carbonyl (C=O) groups excluding carboxylic acids is 1. The Morgan fingerprint density at radius 2 is 2.12 bits per heavy atom. The van der Waals surface area contributed by atoms with Crippen molar-refractivity contribution >= 4 is 28.4 Å². The molecule has 2 atom stereocenters. The maximum absolute atomic E-state index is 13.7. The number of aromatic nitrogens is 5. The molecule has 1 amide bonds. The number of carbonyl (C=O) groups is 1. The van der Waals surface area contributed by atoms with Crippen LogP contribution in [0.5, 0.6) is 0 Å². The van der Waals surface area contributed by atoms with Crippen LogP contribution in [0.4, 0.5) is 10.2 Å². The Balaban J connectivity index is 1.46. The minimum absolute atomic E-state index is 0.186. The summed E-state index contributed by atoms with van der Waals surface area (Å²) in [6.07, 6.45) is 6.45. The van der Waals surface area contributed by atoms with E-state index in [2.05, 4.69) is 25.3 Å². The number of aliphatic hydroxyl groups excluding tert-OH is 1. The minimum atomic E-state index is -1.00. The summed E-state index contributed by atoms with van der Waals surface area (Å²) in [5.74, 6) is 0.293. The van der Waals surface area contributed by atoms with Gasteiger partial charge in [-0.25, -0.2) is 14.4 Å². The number of pyridine rings is 1. The molecule has 0 saturated heterocycles. The van der Waals surface area contributed by atoms with Gasteiger partial charge in [-0.15, -0.1) is 0 Å². The standard InChI is InChI=1S/C23H24FN7O2/c1-25-20-9-19(16-11-30(12-7-13(32)8-12)21-14(16)3-2-6-26-21)28-22-15(10-27-31(20)22)23(33)29-18-5-4-17(18)24/h2-3,6,9-13,17-18,25,32H,4-5,7-8H2,1H3,(H,29,33)/t12-,13+,17-,18-/m0/s1. The lowest BCUT2D eigenvalue weighted by Crippen LogP contribution is -2.48. The molecule has 0 aromatic carbocycles. The second-order valence-electron chi connectivity index (χ2n) is 8.85. The highest BCUT2D eigenvalue weighted by Gasteiger charge is 2.33. The summed E-state index contributed by atoms with van der Waals surface area (Å²) in [6, 6.07) is 5.49. The molecule has 2 fully saturated rings. The Kier molecular flexibility index (Phi) is 4.58. The van der Waals surface area contributed by atoms with Crippen molar-refractivity contribution in [3.05, 3.63) is 42.4 Å². The molecule has 9 nitrogen and oxygen atoms in total. The van der Waals surface area contributed by atoms with E-state index >= 15 is 0 Å². The fraction of sp³-hybridized carbons (Fsp3) is 0.391. The lowest BCUT2D eigenvalue weighted by atomic mass is 9.89. The zero-order chi connectivity index (χ0) is 22.7. The summed E-state index contributed by atoms with van der Waals surface area (Å²) in [5.41, 5.74) is 3.09. The van der Waals surface area contributed by atoms with E-state index in [1.54, 1.807) is 17.8 Å². The molecule has 2 aliphatic rings. The van der Waals surface area contributed by atoms with Gasteiger partial charge in [-0.2, -0.15) is 9.61 Å². The van der Waals surface area contributed by atoms with Gasteiger partial charge in [-0.3, -0.25) is 4.79 Å². The lowest BCUT2D eigenvalue weighted by Gasteiger charge is -2.32. The molecule has 4 heterocycles. The number of amides is 1. The van der Waals surface area contributed by atoms with E-state index in [-0.39, 0.29) is 18.1 Å². The van der Waals surface area contributed by atoms with E-state index in [0.717, 1.165) is 16.6 Å². The van der Waals surface area contributed by atoms with Gasteiger partial charge in [0.15, 0.2) is 5.65 Å². The van der Waals surface area contributed by atoms with Gasteiger partial charge in [-0.05, 0) is 37.8 Å². The maximum Gasteiger partial charge on any atom is 0.257 e. The number of fused-ring (bicyclic) bond motifs is 2. The van der Waals surface area contributed by atoms with Crippen LogP contribution in [0.2, 0.25) is 0 Å². The Labute approximate surface area is 188 Å². The minimum Gasteiger partial charge on any atom is -0.393 e. The number of aliphatic hydroxyl groups is 1. The molecule has 2 aliphatic carbocycles. The van der Waals surface area contributed by atoms with Gasteiger partial charge in [0, 0.05) is 42.5 Å². The van der Waals surface area contributed by atoms with Crippen LogP contribution in [0.1, 0.15) is 42.1 Å². The molecule has 0 aliphatic heterocycles. The van der Waals surface area contributed by atoms with E-state index in [1.165, 1.54) is 6.20 Å². The summed E-state index contributed by atoms with van der Waals surface area (Å²) in [6.45, 7) is 0. The number of hydrogen-bond donors (Lipinski definition) is 3. The molecule has 4 aromatic heterocycles. The fourth-order valence-corrected chi connectivity index (χ4v) is 4.66. The summed E-state index contributed by atoms with van der Waals surface area (Å²) >= 11 is 0. The van der Waals surface area contributed by atoms with Gasteiger partial charge in [0.2, 0.25) is 0 Å². The highest BCUT2D eigenvalue weighted by atomic mass is 19.1. The van der Waals surface area contributed by atoms with E-state index in [9.17, 15) is 14.3 Å². The average Bonchev–Trinajstić information content (AvgIpc) is 3.40. The van der Waals surface area contributed by atoms with Crippen molar-refractivity contribution in [3.8, 4) is 11.3 Å². The van der Waals surface area contributed by atoms with Crippen molar-refractivity contribution in [2.45, 2.75) is 50.0 Å². The van der Waals surface area contributed by atoms with Crippen molar-refractivity contribution in [2.75, 3.05) is 12.4 Å². The van der Waals surface area contributed by atoms with E-state index in [4.69, 9.17) is 4.98 Å². The first kappa shape index (κ1) is 20.1. The Hall–Kier alpha value is -3.53. The number of anilines is 1. The van der Waals surface area contributed by atoms with Crippen LogP contribution >= 0.6 is 0 Å². The zero-order valence-corrected chi connectivity index (χ0v) is 18.1. The van der Waals surface area contributed by atoms with Crippen LogP contribution in [0, 0.1) is 0 Å². The smallest absolute Gasteiger partial charge is 0.257 e. The highest BCUT2D eigenvalue weighted by molar-refractivity contribution is 6.01. The summed E-state index contributed by atoms with van der Waals surface area (Å²) < 4.78 is 17.4. The third-order valence-electron chi connectivity index (χ3n) is 6.83. The molecule has 0 bridgehead atoms. The van der Waals surface area contributed by atoms with Gasteiger partial charge >= 0.3 is 0 Å². The molecule has 4 aromatic rings. The van der Waals surface area contributed by atoms with Crippen LogP contribution in [-0.2, 0) is 0 Å². The molecule has 0 radical (unpaired) electrons. The number of nitrogens with one attached hydrogen (secondary N) is 2. The second kappa shape index (κ2) is 7.51. The monoisotopic (exact) mass is 449 g/mol. The van der Waals surface area contributed by atoms with E-state index in [1.807, 2.05) is 24.4 Å². The van der Waals surface area contributed by atoms with E-state index in [0.29, 0.717) is 48.4 Å². The van der Waals surface area contributed by atoms with Crippen molar-refractivity contribution in [1.29, 1.82) is 0 Å². The first-order valence-corrected chi connectivity index (χ1v) is 11.2. The Morgan fingerprint density at radius 3 is 2.82 bits per heavy atom. The quantitative estimate of drug-likeness (QED) is 0.432. The molecular weight excluding hydrogens is 425 g/mol. The van der Waals surface area contributed by atoms with Crippen LogP contribution in [0.3, 0.4) is 0 Å². The summed E-state index contributed by atoms with van der Waals surface area (Å²) in [7, 11) is 1.78. The molecule has 33 heavy (non-hydrogen) atoms. The first-order chi connectivity index (χ1) is 16.0. The van der Waals surface area contributed by atoms with Crippen molar-refractivity contribution < 1.29 is 14.3 Å². The predicted octanol–water partition coefficient (Wildman–Crippen LogP) is 2.71. The normalized spacial score (nSPS) is 24.5. The number of rotatable bonds is 5. The van der Waals surface area contributed by atoms with Gasteiger partial charge < -0.3 is 20.3 Å². The zero-order valence-electron chi connectivity index (χ0n) is 18.1. The third kappa shape index (κ3) is 3.16. The van der Waals surface area contributed by atoms with Crippen LogP contribution in [0.25, 0.3) is 27.9 Å². The van der Waals surface area contributed by atoms with Crippen LogP contribution in [0.15, 0.2) is 36.8 Å². The molecule has 0 unspecified atom stereocenters. The number of hydrogen-bond acceptors (Lipinski definition) is 6. The first-order valence-electron chi connectivity index (χ1n) is 11.2. The molecule has 170 valence electrons. The largest absolute Gasteiger partial charge is 0.393 e. The van der Waals surface area contributed by atoms with E-state index < -0.39 is 12.2 Å². The molecule has 0 spiro atoms. The van der Waals surface area contributed by atoms with Crippen molar-refractivity contribution in [1.82, 2.24) is 29.5 Å². The van der Waals surface area contributed by atoms with Gasteiger partial charge in [0.25, 0.3) is 5.91 Å². The SMILES string of the molecule is CNc1cc(-c2cn([C@H]3C[C@@H](O)C3)c3ncccc23)nc2c(C(=O)N[C@H]3CC[C@@H]3F)cnn12. The van der Waals surface area contributed by atoms with Crippen LogP contribution < -0.4 is 10.6 Å². The summed E-state index contributed by atoms with van der Waals surface area (Å²) in [4.78, 5) is 22.2. The lowest BCUT2D eigenvalue weighted by molar-refractivity contribution is 0.0501. The Bertz CT molecular complexity index is 1370. The maximum atomic E-state index is 13.7.